The summed E-state index contributed by atoms with van der Waals surface area (Å²) < 4.78 is 2.10. The summed E-state index contributed by atoms with van der Waals surface area (Å²) in [6, 6.07) is 2.09. The minimum absolute atomic E-state index is 0.938. The Labute approximate surface area is 89.3 Å². The predicted octanol–water partition coefficient (Wildman–Crippen LogP) is 1.39. The normalized spacial score (nSPS) is 10.7. The zero-order valence-corrected chi connectivity index (χ0v) is 8.69. The van der Waals surface area contributed by atoms with Crippen LogP contribution in [0.15, 0.2) is 37.2 Å². The van der Waals surface area contributed by atoms with Crippen molar-refractivity contribution >= 4 is 0 Å². The van der Waals surface area contributed by atoms with Gasteiger partial charge in [-0.15, -0.1) is 0 Å². The van der Waals surface area contributed by atoms with Crippen molar-refractivity contribution in [2.24, 2.45) is 0 Å². The number of hydrogen-bond donors (Lipinski definition) is 2. The molecule has 4 nitrogen and oxygen atoms in total. The number of aromatic nitrogens is 3. The van der Waals surface area contributed by atoms with Crippen molar-refractivity contribution < 1.29 is 0 Å². The molecule has 0 bridgehead atoms. The molecule has 2 N–H and O–H groups in total. The molecule has 2 aromatic heterocycles. The Balaban J connectivity index is 1.56. The fourth-order valence-corrected chi connectivity index (χ4v) is 1.51. The molecule has 2 rings (SSSR count). The first-order valence-corrected chi connectivity index (χ1v) is 5.23. The fraction of sp³-hybridized carbons (Fsp3) is 0.364. The van der Waals surface area contributed by atoms with Crippen LogP contribution in [0.25, 0.3) is 0 Å². The molecular weight excluding hydrogens is 188 g/mol. The van der Waals surface area contributed by atoms with E-state index >= 15 is 0 Å². The second kappa shape index (κ2) is 5.36. The van der Waals surface area contributed by atoms with E-state index in [2.05, 4.69) is 25.9 Å². The molecule has 4 heteroatoms. The summed E-state index contributed by atoms with van der Waals surface area (Å²) in [4.78, 5) is 7.04. The number of aromatic amines is 1. The summed E-state index contributed by atoms with van der Waals surface area (Å²) in [7, 11) is 0. The van der Waals surface area contributed by atoms with Gasteiger partial charge >= 0.3 is 0 Å². The molecule has 2 heterocycles. The molecule has 0 unspecified atom stereocenters. The highest BCUT2D eigenvalue weighted by atomic mass is 15.0. The third-order valence-corrected chi connectivity index (χ3v) is 2.32. The molecule has 0 aliphatic carbocycles. The molecule has 0 aliphatic heterocycles. The van der Waals surface area contributed by atoms with Crippen molar-refractivity contribution in [3.8, 4) is 0 Å². The summed E-state index contributed by atoms with van der Waals surface area (Å²) in [5, 5.41) is 3.40. The van der Waals surface area contributed by atoms with Gasteiger partial charge in [-0.1, -0.05) is 0 Å². The van der Waals surface area contributed by atoms with Crippen molar-refractivity contribution in [2.75, 3.05) is 6.54 Å². The quantitative estimate of drug-likeness (QED) is 0.698. The molecule has 0 saturated carbocycles. The minimum atomic E-state index is 0.938. The fourth-order valence-electron chi connectivity index (χ4n) is 1.51. The van der Waals surface area contributed by atoms with Crippen molar-refractivity contribution in [3.63, 3.8) is 0 Å². The van der Waals surface area contributed by atoms with E-state index < -0.39 is 0 Å². The summed E-state index contributed by atoms with van der Waals surface area (Å²) in [6.07, 6.45) is 10.7. The van der Waals surface area contributed by atoms with Gasteiger partial charge in [0.05, 0.1) is 6.33 Å². The van der Waals surface area contributed by atoms with Crippen molar-refractivity contribution in [1.29, 1.82) is 0 Å². The number of H-pyrrole nitrogens is 1. The second-order valence-corrected chi connectivity index (χ2v) is 3.55. The number of aryl methyl sites for hydroxylation is 1. The second-order valence-electron chi connectivity index (χ2n) is 3.55. The Morgan fingerprint density at radius 2 is 2.47 bits per heavy atom. The lowest BCUT2D eigenvalue weighted by Gasteiger charge is -2.03. The van der Waals surface area contributed by atoms with Crippen LogP contribution in [-0.4, -0.2) is 21.1 Å². The minimum Gasteiger partial charge on any atom is -0.367 e. The van der Waals surface area contributed by atoms with E-state index in [0.29, 0.717) is 0 Å². The molecule has 15 heavy (non-hydrogen) atoms. The largest absolute Gasteiger partial charge is 0.367 e. The molecule has 0 atom stereocenters. The Morgan fingerprint density at radius 3 is 3.20 bits per heavy atom. The van der Waals surface area contributed by atoms with Crippen LogP contribution in [0.1, 0.15) is 12.0 Å². The average Bonchev–Trinajstić information content (AvgIpc) is 2.88. The van der Waals surface area contributed by atoms with Crippen LogP contribution in [0.4, 0.5) is 0 Å². The highest BCUT2D eigenvalue weighted by molar-refractivity contribution is 5.07. The number of rotatable bonds is 6. The predicted molar refractivity (Wildman–Crippen MR) is 59.3 cm³/mol. The summed E-state index contributed by atoms with van der Waals surface area (Å²) in [6.45, 7) is 3.00. The number of nitrogens with zero attached hydrogens (tertiary/aromatic N) is 2. The molecule has 0 fully saturated rings. The zero-order chi connectivity index (χ0) is 10.3. The Kier molecular flexibility index (Phi) is 3.57. The van der Waals surface area contributed by atoms with Crippen molar-refractivity contribution in [1.82, 2.24) is 19.9 Å². The maximum absolute atomic E-state index is 4.00. The number of hydrogen-bond acceptors (Lipinski definition) is 2. The van der Waals surface area contributed by atoms with Gasteiger partial charge in [-0.3, -0.25) is 0 Å². The van der Waals surface area contributed by atoms with E-state index in [4.69, 9.17) is 0 Å². The maximum atomic E-state index is 4.00. The van der Waals surface area contributed by atoms with Crippen LogP contribution >= 0.6 is 0 Å². The molecule has 2 aromatic rings. The maximum Gasteiger partial charge on any atom is 0.0945 e. The van der Waals surface area contributed by atoms with E-state index in [1.165, 1.54) is 5.56 Å². The molecule has 0 spiro atoms. The topological polar surface area (TPSA) is 45.6 Å². The van der Waals surface area contributed by atoms with Gasteiger partial charge in [0.25, 0.3) is 0 Å². The van der Waals surface area contributed by atoms with E-state index in [9.17, 15) is 0 Å². The Bertz CT molecular complexity index is 314. The highest BCUT2D eigenvalue weighted by Crippen LogP contribution is 1.95. The summed E-state index contributed by atoms with van der Waals surface area (Å²) in [5.74, 6) is 0. The Morgan fingerprint density at radius 1 is 1.47 bits per heavy atom. The van der Waals surface area contributed by atoms with Crippen LogP contribution in [0, 0.1) is 0 Å². The number of imidazole rings is 1. The van der Waals surface area contributed by atoms with Crippen LogP contribution in [0.5, 0.6) is 0 Å². The molecule has 0 saturated heterocycles. The van der Waals surface area contributed by atoms with E-state index in [0.717, 1.165) is 26.1 Å². The molecular formula is C11H16N4. The van der Waals surface area contributed by atoms with E-state index in [1.54, 1.807) is 0 Å². The standard InChI is InChI=1S/C11H16N4/c1(6-15-7-5-14-10-15)3-12-8-11-2-4-13-9-11/h2,4-5,7,9-10,12-13H,1,3,6,8H2. The SMILES string of the molecule is c1cn(CCCNCc2cc[nH]c2)cn1. The van der Waals surface area contributed by atoms with Gasteiger partial charge in [-0.05, 0) is 24.6 Å². The van der Waals surface area contributed by atoms with Gasteiger partial charge in [0.2, 0.25) is 0 Å². The van der Waals surface area contributed by atoms with Gasteiger partial charge in [0.15, 0.2) is 0 Å². The van der Waals surface area contributed by atoms with Gasteiger partial charge in [0.1, 0.15) is 0 Å². The summed E-state index contributed by atoms with van der Waals surface area (Å²) in [5.41, 5.74) is 1.30. The van der Waals surface area contributed by atoms with E-state index in [-0.39, 0.29) is 0 Å². The first-order valence-electron chi connectivity index (χ1n) is 5.23. The molecule has 0 radical (unpaired) electrons. The lowest BCUT2D eigenvalue weighted by atomic mass is 10.3. The van der Waals surface area contributed by atoms with Crippen molar-refractivity contribution in [3.05, 3.63) is 42.7 Å². The third kappa shape index (κ3) is 3.25. The average molecular weight is 204 g/mol. The molecule has 0 aromatic carbocycles. The van der Waals surface area contributed by atoms with Crippen LogP contribution in [-0.2, 0) is 13.1 Å². The molecule has 80 valence electrons. The van der Waals surface area contributed by atoms with Gasteiger partial charge in [-0.2, -0.15) is 0 Å². The van der Waals surface area contributed by atoms with Crippen LogP contribution in [0.3, 0.4) is 0 Å². The first kappa shape index (κ1) is 9.98. The monoisotopic (exact) mass is 204 g/mol. The summed E-state index contributed by atoms with van der Waals surface area (Å²) >= 11 is 0. The molecule has 0 amide bonds. The van der Waals surface area contributed by atoms with Crippen LogP contribution < -0.4 is 5.32 Å². The van der Waals surface area contributed by atoms with Crippen LogP contribution in [0.2, 0.25) is 0 Å². The van der Waals surface area contributed by atoms with E-state index in [1.807, 2.05) is 31.1 Å². The lowest BCUT2D eigenvalue weighted by Crippen LogP contribution is -2.15. The molecule has 0 aliphatic rings. The lowest BCUT2D eigenvalue weighted by molar-refractivity contribution is 0.581. The smallest absolute Gasteiger partial charge is 0.0945 e. The van der Waals surface area contributed by atoms with Gasteiger partial charge in [0, 0.05) is 37.9 Å². The first-order chi connectivity index (χ1) is 7.45. The van der Waals surface area contributed by atoms with Crippen molar-refractivity contribution in [2.45, 2.75) is 19.5 Å². The highest BCUT2D eigenvalue weighted by Gasteiger charge is 1.92. The van der Waals surface area contributed by atoms with Gasteiger partial charge in [-0.25, -0.2) is 4.98 Å². The number of nitrogens with one attached hydrogen (secondary N) is 2. The Hall–Kier alpha value is -1.55. The third-order valence-electron chi connectivity index (χ3n) is 2.32. The van der Waals surface area contributed by atoms with Gasteiger partial charge < -0.3 is 14.9 Å². The zero-order valence-electron chi connectivity index (χ0n) is 8.69.